The van der Waals surface area contributed by atoms with Crippen molar-refractivity contribution in [1.82, 2.24) is 20.5 Å². The van der Waals surface area contributed by atoms with Crippen LogP contribution < -0.4 is 10.6 Å². The lowest BCUT2D eigenvalue weighted by Crippen LogP contribution is -2.31. The van der Waals surface area contributed by atoms with Crippen LogP contribution in [0.15, 0.2) is 54.9 Å². The average Bonchev–Trinajstić information content (AvgIpc) is 3.10. The van der Waals surface area contributed by atoms with E-state index < -0.39 is 0 Å². The Kier molecular flexibility index (Phi) is 5.09. The molecule has 2 aromatic heterocycles. The molecule has 6 heteroatoms. The Balaban J connectivity index is 1.66. The van der Waals surface area contributed by atoms with Crippen LogP contribution in [0.3, 0.4) is 0 Å². The maximum Gasteiger partial charge on any atom is 0.319 e. The second kappa shape index (κ2) is 7.61. The van der Waals surface area contributed by atoms with Gasteiger partial charge in [0.25, 0.3) is 0 Å². The molecule has 3 N–H and O–H groups in total. The summed E-state index contributed by atoms with van der Waals surface area (Å²) in [4.78, 5) is 16.6. The monoisotopic (exact) mass is 335 g/mol. The summed E-state index contributed by atoms with van der Waals surface area (Å²) in [5, 5.41) is 12.6. The van der Waals surface area contributed by atoms with Crippen LogP contribution in [0.4, 0.5) is 10.5 Å². The fourth-order valence-electron chi connectivity index (χ4n) is 2.57. The predicted molar refractivity (Wildman–Crippen MR) is 98.2 cm³/mol. The van der Waals surface area contributed by atoms with Gasteiger partial charge in [-0.15, -0.1) is 0 Å². The summed E-state index contributed by atoms with van der Waals surface area (Å²) in [6, 6.07) is 13.4. The number of nitrogens with one attached hydrogen (secondary N) is 3. The summed E-state index contributed by atoms with van der Waals surface area (Å²) in [6.07, 6.45) is 4.27. The molecule has 2 amide bonds. The number of rotatable bonds is 5. The molecule has 0 aliphatic rings. The van der Waals surface area contributed by atoms with Gasteiger partial charge in [-0.25, -0.2) is 4.79 Å². The molecule has 0 radical (unpaired) electrons. The predicted octanol–water partition coefficient (Wildman–Crippen LogP) is 3.92. The van der Waals surface area contributed by atoms with Crippen LogP contribution in [0.2, 0.25) is 0 Å². The van der Waals surface area contributed by atoms with Gasteiger partial charge in [-0.05, 0) is 36.6 Å². The van der Waals surface area contributed by atoms with Gasteiger partial charge in [0.1, 0.15) is 5.69 Å². The molecule has 0 aliphatic carbocycles. The summed E-state index contributed by atoms with van der Waals surface area (Å²) >= 11 is 0. The van der Waals surface area contributed by atoms with Crippen molar-refractivity contribution in [1.29, 1.82) is 0 Å². The summed E-state index contributed by atoms with van der Waals surface area (Å²) in [5.74, 6) is 0. The van der Waals surface area contributed by atoms with E-state index in [0.29, 0.717) is 11.4 Å². The molecule has 2 heterocycles. The molecule has 0 bridgehead atoms. The third-order valence-corrected chi connectivity index (χ3v) is 4.04. The van der Waals surface area contributed by atoms with Crippen LogP contribution >= 0.6 is 0 Å². The number of aryl methyl sites for hydroxylation is 1. The first-order chi connectivity index (χ1) is 12.2. The molecule has 3 rings (SSSR count). The van der Waals surface area contributed by atoms with Gasteiger partial charge in [0.2, 0.25) is 0 Å². The van der Waals surface area contributed by atoms with E-state index in [0.717, 1.165) is 17.7 Å². The summed E-state index contributed by atoms with van der Waals surface area (Å²) in [6.45, 7) is 4.07. The summed E-state index contributed by atoms with van der Waals surface area (Å²) in [7, 11) is 0. The lowest BCUT2D eigenvalue weighted by Gasteiger charge is -2.15. The first kappa shape index (κ1) is 16.7. The zero-order valence-electron chi connectivity index (χ0n) is 14.3. The maximum atomic E-state index is 12.3. The molecule has 128 valence electrons. The molecule has 25 heavy (non-hydrogen) atoms. The van der Waals surface area contributed by atoms with Crippen LogP contribution in [0.1, 0.15) is 31.0 Å². The van der Waals surface area contributed by atoms with Gasteiger partial charge >= 0.3 is 6.03 Å². The highest BCUT2D eigenvalue weighted by molar-refractivity contribution is 5.93. The number of amides is 2. The SMILES string of the molecule is CCc1ccc([C@H](C)NC(=O)Nc2cn[nH]c2-c2ccccn2)cc1. The van der Waals surface area contributed by atoms with Gasteiger partial charge in [-0.1, -0.05) is 37.3 Å². The molecular formula is C19H21N5O. The standard InChI is InChI=1S/C19H21N5O/c1-3-14-7-9-15(10-8-14)13(2)22-19(25)23-17-12-21-24-18(17)16-6-4-5-11-20-16/h4-13H,3H2,1-2H3,(H,21,24)(H2,22,23,25)/t13-/m0/s1. The molecule has 0 fully saturated rings. The van der Waals surface area contributed by atoms with Crippen molar-refractivity contribution in [2.24, 2.45) is 0 Å². The minimum atomic E-state index is -0.286. The topological polar surface area (TPSA) is 82.7 Å². The number of urea groups is 1. The third-order valence-electron chi connectivity index (χ3n) is 4.04. The van der Waals surface area contributed by atoms with Crippen molar-refractivity contribution < 1.29 is 4.79 Å². The van der Waals surface area contributed by atoms with E-state index in [1.54, 1.807) is 12.4 Å². The number of hydrogen-bond acceptors (Lipinski definition) is 3. The molecule has 1 aromatic carbocycles. The van der Waals surface area contributed by atoms with Gasteiger partial charge in [-0.3, -0.25) is 10.1 Å². The van der Waals surface area contributed by atoms with E-state index in [2.05, 4.69) is 44.9 Å². The van der Waals surface area contributed by atoms with Crippen LogP contribution in [0.5, 0.6) is 0 Å². The first-order valence-corrected chi connectivity index (χ1v) is 8.28. The number of aromatic amines is 1. The summed E-state index contributed by atoms with van der Waals surface area (Å²) in [5.41, 5.74) is 4.32. The largest absolute Gasteiger partial charge is 0.331 e. The second-order valence-electron chi connectivity index (χ2n) is 5.79. The number of benzene rings is 1. The van der Waals surface area contributed by atoms with E-state index in [4.69, 9.17) is 0 Å². The van der Waals surface area contributed by atoms with Crippen LogP contribution in [0, 0.1) is 0 Å². The number of H-pyrrole nitrogens is 1. The fourth-order valence-corrected chi connectivity index (χ4v) is 2.57. The minimum Gasteiger partial charge on any atom is -0.331 e. The van der Waals surface area contributed by atoms with Crippen LogP contribution in [0.25, 0.3) is 11.4 Å². The second-order valence-corrected chi connectivity index (χ2v) is 5.79. The Morgan fingerprint density at radius 2 is 2.00 bits per heavy atom. The number of anilines is 1. The highest BCUT2D eigenvalue weighted by Crippen LogP contribution is 2.23. The smallest absolute Gasteiger partial charge is 0.319 e. The molecule has 0 unspecified atom stereocenters. The van der Waals surface area contributed by atoms with Gasteiger partial charge in [0.15, 0.2) is 0 Å². The normalized spacial score (nSPS) is 11.8. The van der Waals surface area contributed by atoms with E-state index in [1.165, 1.54) is 5.56 Å². The molecule has 6 nitrogen and oxygen atoms in total. The molecular weight excluding hydrogens is 314 g/mol. The van der Waals surface area contributed by atoms with Gasteiger partial charge in [0, 0.05) is 6.20 Å². The Labute approximate surface area is 146 Å². The van der Waals surface area contributed by atoms with Gasteiger partial charge < -0.3 is 10.6 Å². The average molecular weight is 335 g/mol. The van der Waals surface area contributed by atoms with E-state index in [1.807, 2.05) is 37.3 Å². The van der Waals surface area contributed by atoms with Crippen LogP contribution in [-0.2, 0) is 6.42 Å². The lowest BCUT2D eigenvalue weighted by molar-refractivity contribution is 0.249. The van der Waals surface area contributed by atoms with Crippen molar-refractivity contribution >= 4 is 11.7 Å². The van der Waals surface area contributed by atoms with Gasteiger partial charge in [-0.2, -0.15) is 5.10 Å². The highest BCUT2D eigenvalue weighted by atomic mass is 16.2. The van der Waals surface area contributed by atoms with Crippen LogP contribution in [-0.4, -0.2) is 21.2 Å². The molecule has 0 aliphatic heterocycles. The lowest BCUT2D eigenvalue weighted by atomic mass is 10.1. The molecule has 0 saturated heterocycles. The molecule has 0 saturated carbocycles. The Bertz CT molecular complexity index is 827. The van der Waals surface area contributed by atoms with Crippen molar-refractivity contribution in [2.45, 2.75) is 26.3 Å². The number of aromatic nitrogens is 3. The Morgan fingerprint density at radius 3 is 2.68 bits per heavy atom. The molecule has 0 spiro atoms. The van der Waals surface area contributed by atoms with Crippen molar-refractivity contribution in [2.75, 3.05) is 5.32 Å². The Hall–Kier alpha value is -3.15. The number of hydrogen-bond donors (Lipinski definition) is 3. The zero-order valence-corrected chi connectivity index (χ0v) is 14.3. The highest BCUT2D eigenvalue weighted by Gasteiger charge is 2.14. The molecule has 3 aromatic rings. The number of carbonyl (C=O) groups is 1. The summed E-state index contributed by atoms with van der Waals surface area (Å²) < 4.78 is 0. The van der Waals surface area contributed by atoms with Crippen molar-refractivity contribution in [3.05, 3.63) is 66.0 Å². The Morgan fingerprint density at radius 1 is 1.20 bits per heavy atom. The van der Waals surface area contributed by atoms with E-state index in [-0.39, 0.29) is 12.1 Å². The number of carbonyl (C=O) groups excluding carboxylic acids is 1. The van der Waals surface area contributed by atoms with Gasteiger partial charge in [0.05, 0.1) is 23.6 Å². The minimum absolute atomic E-state index is 0.101. The molecule has 1 atom stereocenters. The quantitative estimate of drug-likeness (QED) is 0.661. The first-order valence-electron chi connectivity index (χ1n) is 8.28. The third kappa shape index (κ3) is 4.03. The maximum absolute atomic E-state index is 12.3. The fraction of sp³-hybridized carbons (Fsp3) is 0.211. The number of pyridine rings is 1. The van der Waals surface area contributed by atoms with Crippen molar-refractivity contribution in [3.8, 4) is 11.4 Å². The van der Waals surface area contributed by atoms with Crippen molar-refractivity contribution in [3.63, 3.8) is 0 Å². The van der Waals surface area contributed by atoms with E-state index >= 15 is 0 Å². The van der Waals surface area contributed by atoms with E-state index in [9.17, 15) is 4.79 Å². The zero-order chi connectivity index (χ0) is 17.6. The number of nitrogens with zero attached hydrogens (tertiary/aromatic N) is 2.